The van der Waals surface area contributed by atoms with Crippen LogP contribution < -0.4 is 4.90 Å². The van der Waals surface area contributed by atoms with E-state index in [4.69, 9.17) is 0 Å². The highest BCUT2D eigenvalue weighted by Gasteiger charge is 2.37. The monoisotopic (exact) mass is 549 g/mol. The number of piperidine rings is 1. The summed E-state index contributed by atoms with van der Waals surface area (Å²) in [6.07, 6.45) is -0.222. The van der Waals surface area contributed by atoms with Crippen LogP contribution in [0.25, 0.3) is 16.9 Å². The molecule has 0 spiro atoms. The molecule has 1 fully saturated rings. The number of carbonyl (C=O) groups is 2. The first-order chi connectivity index (χ1) is 19.2. The van der Waals surface area contributed by atoms with Gasteiger partial charge in [-0.1, -0.05) is 18.2 Å². The number of anilines is 1. The lowest BCUT2D eigenvalue weighted by Crippen LogP contribution is -2.48. The van der Waals surface area contributed by atoms with E-state index in [1.54, 1.807) is 23.1 Å². The third-order valence-electron chi connectivity index (χ3n) is 7.39. The first-order valence-corrected chi connectivity index (χ1v) is 12.8. The average molecular weight is 550 g/mol. The topological polar surface area (TPSA) is 71.3 Å². The second-order valence-electron chi connectivity index (χ2n) is 9.82. The zero-order valence-electron chi connectivity index (χ0n) is 21.1. The number of amides is 2. The van der Waals surface area contributed by atoms with Crippen molar-refractivity contribution in [2.75, 3.05) is 18.0 Å². The fourth-order valence-corrected chi connectivity index (χ4v) is 5.44. The average Bonchev–Trinajstić information content (AvgIpc) is 3.54. The van der Waals surface area contributed by atoms with Crippen molar-refractivity contribution in [3.05, 3.63) is 95.7 Å². The van der Waals surface area contributed by atoms with Gasteiger partial charge in [-0.15, -0.1) is 0 Å². The lowest BCUT2D eigenvalue weighted by atomic mass is 10.0. The standard InChI is InChI=1S/C29H23F4N5O2/c30-23-16-21(5-6-22(23)29(31,32)33)38-26(18-7-11-34-12-8-18)17-24(35-38)28(40)36-13-9-20(10-14-36)37-25-4-2-1-3-19(25)15-27(37)39/h1-8,11-12,16-17,20H,9-10,13-15H2. The molecule has 0 saturated carbocycles. The number of rotatable bonds is 4. The summed E-state index contributed by atoms with van der Waals surface area (Å²) in [6, 6.07) is 15.1. The summed E-state index contributed by atoms with van der Waals surface area (Å²) in [4.78, 5) is 33.7. The van der Waals surface area contributed by atoms with Crippen molar-refractivity contribution >= 4 is 17.5 Å². The van der Waals surface area contributed by atoms with Crippen molar-refractivity contribution in [1.82, 2.24) is 19.7 Å². The van der Waals surface area contributed by atoms with Gasteiger partial charge in [-0.3, -0.25) is 14.6 Å². The Labute approximate surface area is 226 Å². The largest absolute Gasteiger partial charge is 0.419 e. The summed E-state index contributed by atoms with van der Waals surface area (Å²) < 4.78 is 55.1. The van der Waals surface area contributed by atoms with Gasteiger partial charge in [-0.05, 0) is 54.8 Å². The van der Waals surface area contributed by atoms with Crippen molar-refractivity contribution in [2.24, 2.45) is 0 Å². The maximum absolute atomic E-state index is 14.4. The Kier molecular flexibility index (Phi) is 6.36. The number of halogens is 4. The zero-order chi connectivity index (χ0) is 28.0. The van der Waals surface area contributed by atoms with E-state index in [9.17, 15) is 27.2 Å². The molecule has 2 aromatic carbocycles. The van der Waals surface area contributed by atoms with Crippen LogP contribution in [0.1, 0.15) is 34.5 Å². The summed E-state index contributed by atoms with van der Waals surface area (Å²) in [5, 5.41) is 4.40. The lowest BCUT2D eigenvalue weighted by molar-refractivity contribution is -0.140. The van der Waals surface area contributed by atoms with Crippen LogP contribution >= 0.6 is 0 Å². The Morgan fingerprint density at radius 2 is 1.68 bits per heavy atom. The molecule has 2 amide bonds. The minimum absolute atomic E-state index is 0.0275. The van der Waals surface area contributed by atoms with E-state index < -0.39 is 17.6 Å². The number of alkyl halides is 3. The molecular weight excluding hydrogens is 526 g/mol. The van der Waals surface area contributed by atoms with E-state index in [0.29, 0.717) is 49.7 Å². The van der Waals surface area contributed by atoms with Crippen LogP contribution in [0.3, 0.4) is 0 Å². The number of nitrogens with zero attached hydrogens (tertiary/aromatic N) is 5. The molecule has 11 heteroatoms. The van der Waals surface area contributed by atoms with Crippen LogP contribution in [0, 0.1) is 5.82 Å². The maximum Gasteiger partial charge on any atom is 0.419 e. The van der Waals surface area contributed by atoms with Crippen LogP contribution in [0.4, 0.5) is 23.2 Å². The highest BCUT2D eigenvalue weighted by molar-refractivity contribution is 6.02. The number of aromatic nitrogens is 3. The molecule has 204 valence electrons. The number of hydrogen-bond donors (Lipinski definition) is 0. The Hall–Kier alpha value is -4.54. The predicted octanol–water partition coefficient (Wildman–Crippen LogP) is 5.29. The molecule has 0 atom stereocenters. The lowest BCUT2D eigenvalue weighted by Gasteiger charge is -2.36. The number of carbonyl (C=O) groups excluding carboxylic acids is 2. The summed E-state index contributed by atoms with van der Waals surface area (Å²) in [7, 11) is 0. The minimum atomic E-state index is -4.84. The molecule has 4 aromatic rings. The first-order valence-electron chi connectivity index (χ1n) is 12.8. The minimum Gasteiger partial charge on any atom is -0.337 e. The van der Waals surface area contributed by atoms with E-state index in [-0.39, 0.29) is 29.2 Å². The number of likely N-dealkylation sites (tertiary alicyclic amines) is 1. The van der Waals surface area contributed by atoms with Crippen molar-refractivity contribution in [3.63, 3.8) is 0 Å². The van der Waals surface area contributed by atoms with Crippen LogP contribution in [0.5, 0.6) is 0 Å². The van der Waals surface area contributed by atoms with Crippen molar-refractivity contribution in [1.29, 1.82) is 0 Å². The van der Waals surface area contributed by atoms with E-state index >= 15 is 0 Å². The number of para-hydroxylation sites is 1. The molecule has 40 heavy (non-hydrogen) atoms. The Balaban J connectivity index is 1.26. The van der Waals surface area contributed by atoms with Gasteiger partial charge < -0.3 is 9.80 Å². The summed E-state index contributed by atoms with van der Waals surface area (Å²) >= 11 is 0. The Morgan fingerprint density at radius 3 is 2.38 bits per heavy atom. The van der Waals surface area contributed by atoms with Gasteiger partial charge in [0.2, 0.25) is 5.91 Å². The van der Waals surface area contributed by atoms with E-state index in [1.807, 2.05) is 29.2 Å². The van der Waals surface area contributed by atoms with Crippen LogP contribution in [-0.4, -0.2) is 50.6 Å². The number of pyridine rings is 1. The molecule has 0 unspecified atom stereocenters. The molecule has 0 radical (unpaired) electrons. The maximum atomic E-state index is 14.4. The molecule has 2 aliphatic rings. The molecule has 0 bridgehead atoms. The van der Waals surface area contributed by atoms with Gasteiger partial charge in [0.05, 0.1) is 23.4 Å². The Morgan fingerprint density at radius 1 is 0.950 bits per heavy atom. The molecule has 0 N–H and O–H groups in total. The fraction of sp³-hybridized carbons (Fsp3) is 0.241. The first kappa shape index (κ1) is 25.7. The second kappa shape index (κ2) is 9.89. The van der Waals surface area contributed by atoms with Crippen molar-refractivity contribution < 1.29 is 27.2 Å². The van der Waals surface area contributed by atoms with Gasteiger partial charge >= 0.3 is 6.18 Å². The molecule has 1 saturated heterocycles. The fourth-order valence-electron chi connectivity index (χ4n) is 5.44. The van der Waals surface area contributed by atoms with Crippen LogP contribution in [0.2, 0.25) is 0 Å². The van der Waals surface area contributed by atoms with Gasteiger partial charge in [-0.2, -0.15) is 18.3 Å². The highest BCUT2D eigenvalue weighted by Crippen LogP contribution is 2.35. The summed E-state index contributed by atoms with van der Waals surface area (Å²) in [5.41, 5.74) is 1.66. The molecule has 7 nitrogen and oxygen atoms in total. The number of fused-ring (bicyclic) bond motifs is 1. The van der Waals surface area contributed by atoms with E-state index in [1.165, 1.54) is 17.1 Å². The molecular formula is C29H23F4N5O2. The molecule has 2 aromatic heterocycles. The smallest absolute Gasteiger partial charge is 0.337 e. The Bertz CT molecular complexity index is 1590. The van der Waals surface area contributed by atoms with Gasteiger partial charge in [0.15, 0.2) is 5.69 Å². The third-order valence-corrected chi connectivity index (χ3v) is 7.39. The van der Waals surface area contributed by atoms with Crippen molar-refractivity contribution in [3.8, 4) is 16.9 Å². The van der Waals surface area contributed by atoms with E-state index in [0.717, 1.165) is 23.4 Å². The van der Waals surface area contributed by atoms with Gasteiger partial charge in [0, 0.05) is 48.8 Å². The van der Waals surface area contributed by atoms with Crippen LogP contribution in [0.15, 0.2) is 73.1 Å². The molecule has 0 aliphatic carbocycles. The molecule has 6 rings (SSSR count). The normalized spacial score (nSPS) is 15.9. The SMILES string of the molecule is O=C(c1cc(-c2ccncc2)n(-c2ccc(C(F)(F)F)c(F)c2)n1)N1CCC(N2C(=O)Cc3ccccc32)CC1. The highest BCUT2D eigenvalue weighted by atomic mass is 19.4. The molecule has 4 heterocycles. The number of benzene rings is 2. The van der Waals surface area contributed by atoms with Gasteiger partial charge in [0.1, 0.15) is 5.82 Å². The molecule has 2 aliphatic heterocycles. The second-order valence-corrected chi connectivity index (χ2v) is 9.82. The third kappa shape index (κ3) is 4.61. The van der Waals surface area contributed by atoms with Crippen molar-refractivity contribution in [2.45, 2.75) is 31.5 Å². The van der Waals surface area contributed by atoms with Crippen LogP contribution in [-0.2, 0) is 17.4 Å². The quantitative estimate of drug-likeness (QED) is 0.325. The summed E-state index contributed by atoms with van der Waals surface area (Å²) in [6.45, 7) is 0.809. The van der Waals surface area contributed by atoms with Gasteiger partial charge in [0.25, 0.3) is 5.91 Å². The van der Waals surface area contributed by atoms with Gasteiger partial charge in [-0.25, -0.2) is 9.07 Å². The predicted molar refractivity (Wildman–Crippen MR) is 138 cm³/mol. The summed E-state index contributed by atoms with van der Waals surface area (Å²) in [5.74, 6) is -1.74. The zero-order valence-corrected chi connectivity index (χ0v) is 21.1. The number of hydrogen-bond acceptors (Lipinski definition) is 4. The van der Waals surface area contributed by atoms with E-state index in [2.05, 4.69) is 10.1 Å².